The molecule has 0 spiro atoms. The fourth-order valence-electron chi connectivity index (χ4n) is 5.61. The Hall–Kier alpha value is -1.41. The van der Waals surface area contributed by atoms with Gasteiger partial charge in [-0.15, -0.1) is 0 Å². The first kappa shape index (κ1) is 25.2. The van der Waals surface area contributed by atoms with Crippen molar-refractivity contribution in [2.24, 2.45) is 11.8 Å². The summed E-state index contributed by atoms with van der Waals surface area (Å²) in [4.78, 5) is 25.7. The molecule has 2 amide bonds. The molecule has 2 aliphatic carbocycles. The van der Waals surface area contributed by atoms with Gasteiger partial charge in [0.2, 0.25) is 11.8 Å². The largest absolute Gasteiger partial charge is 0.326 e. The van der Waals surface area contributed by atoms with Gasteiger partial charge in [-0.05, 0) is 55.0 Å². The molecule has 32 heavy (non-hydrogen) atoms. The predicted octanol–water partition coefficient (Wildman–Crippen LogP) is 7.36. The zero-order valence-electron chi connectivity index (χ0n) is 21.1. The molecule has 1 aromatic rings. The van der Waals surface area contributed by atoms with Gasteiger partial charge in [-0.3, -0.25) is 9.59 Å². The van der Waals surface area contributed by atoms with Crippen molar-refractivity contribution in [3.8, 4) is 0 Å². The second-order valence-electron chi connectivity index (χ2n) is 12.4. The summed E-state index contributed by atoms with van der Waals surface area (Å²) in [5.74, 6) is 0.490. The highest BCUT2D eigenvalue weighted by Gasteiger charge is 2.34. The highest BCUT2D eigenvalue weighted by Crippen LogP contribution is 2.41. The SMILES string of the molecule is C[Si](C)(C)C1CCC(C(=O)Nc2cccc(NC(=O)C3CCC([Si](C)(C)C)CC3)c2)CC1. The van der Waals surface area contributed by atoms with Gasteiger partial charge in [-0.1, -0.05) is 71.0 Å². The lowest BCUT2D eigenvalue weighted by molar-refractivity contribution is -0.121. The average Bonchev–Trinajstić information content (AvgIpc) is 2.73. The lowest BCUT2D eigenvalue weighted by atomic mass is 9.88. The van der Waals surface area contributed by atoms with Gasteiger partial charge in [0.05, 0.1) is 0 Å². The summed E-state index contributed by atoms with van der Waals surface area (Å²) >= 11 is 0. The summed E-state index contributed by atoms with van der Waals surface area (Å²) in [6.45, 7) is 14.6. The molecule has 178 valence electrons. The number of hydrogen-bond donors (Lipinski definition) is 2. The standard InChI is InChI=1S/C26H44N2O2Si2/c1-31(2,3)23-14-10-19(11-15-23)25(29)27-21-8-7-9-22(18-21)28-26(30)20-12-16-24(17-13-20)32(4,5)6/h7-9,18-20,23-24H,10-17H2,1-6H3,(H,27,29)(H,28,30). The molecule has 0 radical (unpaired) electrons. The van der Waals surface area contributed by atoms with E-state index in [2.05, 4.69) is 49.9 Å². The summed E-state index contributed by atoms with van der Waals surface area (Å²) in [6, 6.07) is 7.65. The Balaban J connectivity index is 1.50. The molecule has 0 aliphatic heterocycles. The average molecular weight is 473 g/mol. The third-order valence-electron chi connectivity index (χ3n) is 8.04. The number of carbonyl (C=O) groups is 2. The van der Waals surface area contributed by atoms with Crippen molar-refractivity contribution in [1.29, 1.82) is 0 Å². The van der Waals surface area contributed by atoms with E-state index in [-0.39, 0.29) is 23.7 Å². The van der Waals surface area contributed by atoms with Crippen LogP contribution in [0.15, 0.2) is 24.3 Å². The van der Waals surface area contributed by atoms with Crippen molar-refractivity contribution in [1.82, 2.24) is 0 Å². The Morgan fingerprint density at radius 1 is 0.656 bits per heavy atom. The summed E-state index contributed by atoms with van der Waals surface area (Å²) in [5.41, 5.74) is 3.24. The van der Waals surface area contributed by atoms with E-state index in [1.165, 1.54) is 25.7 Å². The molecule has 1 aromatic carbocycles. The van der Waals surface area contributed by atoms with E-state index < -0.39 is 16.1 Å². The molecular formula is C26H44N2O2Si2. The van der Waals surface area contributed by atoms with E-state index in [0.717, 1.165) is 48.1 Å². The Labute approximate surface area is 197 Å². The van der Waals surface area contributed by atoms with Crippen molar-refractivity contribution in [3.05, 3.63) is 24.3 Å². The van der Waals surface area contributed by atoms with Crippen LogP contribution < -0.4 is 10.6 Å². The van der Waals surface area contributed by atoms with Crippen LogP contribution in [0.25, 0.3) is 0 Å². The summed E-state index contributed by atoms with van der Waals surface area (Å²) < 4.78 is 0. The van der Waals surface area contributed by atoms with Crippen LogP contribution in [-0.2, 0) is 9.59 Å². The van der Waals surface area contributed by atoms with Gasteiger partial charge in [0.25, 0.3) is 0 Å². The predicted molar refractivity (Wildman–Crippen MR) is 142 cm³/mol. The van der Waals surface area contributed by atoms with Gasteiger partial charge < -0.3 is 10.6 Å². The van der Waals surface area contributed by atoms with Crippen LogP contribution in [0, 0.1) is 11.8 Å². The lowest BCUT2D eigenvalue weighted by Crippen LogP contribution is -2.34. The molecule has 2 saturated carbocycles. The topological polar surface area (TPSA) is 58.2 Å². The lowest BCUT2D eigenvalue weighted by Gasteiger charge is -2.35. The molecule has 3 rings (SSSR count). The van der Waals surface area contributed by atoms with Gasteiger partial charge in [0, 0.05) is 39.4 Å². The Morgan fingerprint density at radius 2 is 1.00 bits per heavy atom. The van der Waals surface area contributed by atoms with Crippen molar-refractivity contribution in [2.75, 3.05) is 10.6 Å². The molecule has 2 fully saturated rings. The quantitative estimate of drug-likeness (QED) is 0.425. The maximum Gasteiger partial charge on any atom is 0.227 e. The first-order valence-corrected chi connectivity index (χ1v) is 19.8. The molecule has 0 bridgehead atoms. The van der Waals surface area contributed by atoms with Gasteiger partial charge in [-0.25, -0.2) is 0 Å². The molecule has 0 heterocycles. The van der Waals surface area contributed by atoms with Crippen molar-refractivity contribution in [3.63, 3.8) is 0 Å². The van der Waals surface area contributed by atoms with Gasteiger partial charge in [0.15, 0.2) is 0 Å². The number of hydrogen-bond acceptors (Lipinski definition) is 2. The Bertz CT molecular complexity index is 734. The van der Waals surface area contributed by atoms with E-state index in [0.29, 0.717) is 0 Å². The van der Waals surface area contributed by atoms with E-state index >= 15 is 0 Å². The van der Waals surface area contributed by atoms with Gasteiger partial charge in [-0.2, -0.15) is 0 Å². The summed E-state index contributed by atoms with van der Waals surface area (Å²) in [7, 11) is -2.23. The minimum atomic E-state index is -1.12. The van der Waals surface area contributed by atoms with Crippen LogP contribution in [0.5, 0.6) is 0 Å². The van der Waals surface area contributed by atoms with Crippen LogP contribution in [0.1, 0.15) is 51.4 Å². The molecule has 6 heteroatoms. The molecule has 0 aromatic heterocycles. The van der Waals surface area contributed by atoms with Crippen LogP contribution in [0.2, 0.25) is 50.4 Å². The zero-order chi connectivity index (χ0) is 23.5. The maximum absolute atomic E-state index is 12.8. The molecule has 0 saturated heterocycles. The van der Waals surface area contributed by atoms with Crippen LogP contribution >= 0.6 is 0 Å². The minimum absolute atomic E-state index is 0.113. The minimum Gasteiger partial charge on any atom is -0.326 e. The number of anilines is 2. The second-order valence-corrected chi connectivity index (χ2v) is 23.5. The van der Waals surface area contributed by atoms with Crippen LogP contribution in [0.4, 0.5) is 11.4 Å². The zero-order valence-corrected chi connectivity index (χ0v) is 23.1. The first-order valence-electron chi connectivity index (χ1n) is 12.7. The fourth-order valence-corrected chi connectivity index (χ4v) is 9.74. The molecule has 0 unspecified atom stereocenters. The molecule has 0 atom stereocenters. The molecule has 2 aliphatic rings. The highest BCUT2D eigenvalue weighted by molar-refractivity contribution is 6.77. The summed E-state index contributed by atoms with van der Waals surface area (Å²) in [6.07, 6.45) is 8.73. The number of carbonyl (C=O) groups excluding carboxylic acids is 2. The number of rotatable bonds is 6. The molecule has 4 nitrogen and oxygen atoms in total. The van der Waals surface area contributed by atoms with E-state index in [1.54, 1.807) is 0 Å². The summed E-state index contributed by atoms with van der Waals surface area (Å²) in [5, 5.41) is 6.21. The first-order chi connectivity index (χ1) is 14.9. The number of benzene rings is 1. The third-order valence-corrected chi connectivity index (χ3v) is 14.1. The number of nitrogens with one attached hydrogen (secondary N) is 2. The van der Waals surface area contributed by atoms with E-state index in [9.17, 15) is 9.59 Å². The highest BCUT2D eigenvalue weighted by atomic mass is 28.3. The second kappa shape index (κ2) is 10.2. The third kappa shape index (κ3) is 6.80. The Kier molecular flexibility index (Phi) is 8.08. The van der Waals surface area contributed by atoms with Crippen LogP contribution in [0.3, 0.4) is 0 Å². The Morgan fingerprint density at radius 3 is 1.31 bits per heavy atom. The molecular weight excluding hydrogens is 428 g/mol. The van der Waals surface area contributed by atoms with Crippen LogP contribution in [-0.4, -0.2) is 28.0 Å². The smallest absolute Gasteiger partial charge is 0.227 e. The normalized spacial score (nSPS) is 26.9. The monoisotopic (exact) mass is 472 g/mol. The van der Waals surface area contributed by atoms with Crippen molar-refractivity contribution >= 4 is 39.3 Å². The van der Waals surface area contributed by atoms with E-state index in [1.807, 2.05) is 24.3 Å². The van der Waals surface area contributed by atoms with E-state index in [4.69, 9.17) is 0 Å². The fraction of sp³-hybridized carbons (Fsp3) is 0.692. The van der Waals surface area contributed by atoms with Gasteiger partial charge in [0.1, 0.15) is 0 Å². The molecule has 2 N–H and O–H groups in total. The number of amides is 2. The van der Waals surface area contributed by atoms with Crippen molar-refractivity contribution in [2.45, 2.75) is 102 Å². The van der Waals surface area contributed by atoms with Gasteiger partial charge >= 0.3 is 0 Å². The van der Waals surface area contributed by atoms with Crippen molar-refractivity contribution < 1.29 is 9.59 Å². The maximum atomic E-state index is 12.8.